The van der Waals surface area contributed by atoms with Gasteiger partial charge in [-0.2, -0.15) is 0 Å². The molecular formula is C17H29N5O2. The number of likely N-dealkylation sites (tertiary alicyclic amines) is 1. The molecule has 0 saturated carbocycles. The Hall–Kier alpha value is -1.44. The van der Waals surface area contributed by atoms with E-state index in [0.717, 1.165) is 58.8 Å². The lowest BCUT2D eigenvalue weighted by Gasteiger charge is -2.51. The summed E-state index contributed by atoms with van der Waals surface area (Å²) in [7, 11) is 6.09. The van der Waals surface area contributed by atoms with E-state index in [1.54, 1.807) is 17.1 Å². The summed E-state index contributed by atoms with van der Waals surface area (Å²) in [5.74, 6) is 0.0846. The van der Waals surface area contributed by atoms with Crippen molar-refractivity contribution in [3.63, 3.8) is 0 Å². The summed E-state index contributed by atoms with van der Waals surface area (Å²) in [6.45, 7) is 6.27. The zero-order valence-electron chi connectivity index (χ0n) is 15.1. The molecule has 7 heteroatoms. The molecule has 1 aromatic rings. The fraction of sp³-hybridized carbons (Fsp3) is 0.765. The fourth-order valence-electron chi connectivity index (χ4n) is 3.75. The van der Waals surface area contributed by atoms with Gasteiger partial charge < -0.3 is 19.1 Å². The first-order chi connectivity index (χ1) is 11.5. The van der Waals surface area contributed by atoms with Crippen LogP contribution in [0.15, 0.2) is 12.5 Å². The van der Waals surface area contributed by atoms with Crippen molar-refractivity contribution < 1.29 is 9.53 Å². The van der Waals surface area contributed by atoms with E-state index < -0.39 is 0 Å². The Balaban J connectivity index is 1.63. The molecule has 1 aromatic heterocycles. The van der Waals surface area contributed by atoms with Crippen LogP contribution in [0.2, 0.25) is 0 Å². The van der Waals surface area contributed by atoms with Crippen molar-refractivity contribution in [2.75, 3.05) is 60.0 Å². The maximum atomic E-state index is 12.7. The Morgan fingerprint density at radius 3 is 2.71 bits per heavy atom. The molecule has 2 saturated heterocycles. The number of ether oxygens (including phenoxy) is 1. The Morgan fingerprint density at radius 1 is 1.33 bits per heavy atom. The minimum absolute atomic E-state index is 0.0846. The maximum absolute atomic E-state index is 12.7. The highest BCUT2D eigenvalue weighted by Crippen LogP contribution is 2.32. The molecule has 0 N–H and O–H groups in total. The Morgan fingerprint density at radius 2 is 2.08 bits per heavy atom. The Labute approximate surface area is 144 Å². The molecule has 24 heavy (non-hydrogen) atoms. The van der Waals surface area contributed by atoms with Crippen LogP contribution in [-0.4, -0.2) is 95.7 Å². The number of carbonyl (C=O) groups excluding carboxylic acids is 1. The molecular weight excluding hydrogens is 306 g/mol. The number of piperidine rings is 1. The number of amides is 1. The molecule has 134 valence electrons. The van der Waals surface area contributed by atoms with Gasteiger partial charge in [0.05, 0.1) is 25.7 Å². The van der Waals surface area contributed by atoms with Crippen molar-refractivity contribution in [3.05, 3.63) is 18.2 Å². The number of morpholine rings is 1. The number of carbonyl (C=O) groups is 1. The van der Waals surface area contributed by atoms with Crippen LogP contribution in [-0.2, 0) is 11.8 Å². The molecule has 0 aliphatic carbocycles. The zero-order valence-corrected chi connectivity index (χ0v) is 15.1. The normalized spacial score (nSPS) is 21.6. The first-order valence-corrected chi connectivity index (χ1v) is 8.75. The maximum Gasteiger partial charge on any atom is 0.272 e. The quantitative estimate of drug-likeness (QED) is 0.792. The molecule has 0 unspecified atom stereocenters. The van der Waals surface area contributed by atoms with E-state index in [4.69, 9.17) is 4.74 Å². The first-order valence-electron chi connectivity index (χ1n) is 8.75. The van der Waals surface area contributed by atoms with E-state index in [9.17, 15) is 4.79 Å². The number of likely N-dealkylation sites (N-methyl/N-ethyl adjacent to an activating group) is 1. The van der Waals surface area contributed by atoms with Crippen molar-refractivity contribution in [1.29, 1.82) is 0 Å². The number of rotatable bonds is 4. The molecule has 1 amide bonds. The molecule has 7 nitrogen and oxygen atoms in total. The lowest BCUT2D eigenvalue weighted by atomic mass is 9.85. The van der Waals surface area contributed by atoms with Crippen molar-refractivity contribution in [3.8, 4) is 0 Å². The molecule has 3 heterocycles. The average molecular weight is 335 g/mol. The number of imidazole rings is 1. The summed E-state index contributed by atoms with van der Waals surface area (Å²) in [6, 6.07) is 0. The minimum Gasteiger partial charge on any atom is -0.378 e. The van der Waals surface area contributed by atoms with Gasteiger partial charge in [-0.3, -0.25) is 9.69 Å². The van der Waals surface area contributed by atoms with E-state index in [1.807, 2.05) is 11.9 Å². The van der Waals surface area contributed by atoms with Crippen LogP contribution in [0.4, 0.5) is 0 Å². The van der Waals surface area contributed by atoms with Crippen molar-refractivity contribution >= 4 is 5.91 Å². The van der Waals surface area contributed by atoms with Crippen LogP contribution in [0.3, 0.4) is 0 Å². The summed E-state index contributed by atoms with van der Waals surface area (Å²) in [5, 5.41) is 0. The lowest BCUT2D eigenvalue weighted by Crippen LogP contribution is -2.62. The van der Waals surface area contributed by atoms with Gasteiger partial charge in [-0.15, -0.1) is 0 Å². The van der Waals surface area contributed by atoms with Crippen LogP contribution >= 0.6 is 0 Å². The van der Waals surface area contributed by atoms with Crippen molar-refractivity contribution in [2.24, 2.45) is 7.05 Å². The molecule has 0 atom stereocenters. The predicted molar refractivity (Wildman–Crippen MR) is 92.0 cm³/mol. The summed E-state index contributed by atoms with van der Waals surface area (Å²) >= 11 is 0. The largest absolute Gasteiger partial charge is 0.378 e. The Bertz CT molecular complexity index is 563. The zero-order chi connectivity index (χ0) is 17.2. The fourth-order valence-corrected chi connectivity index (χ4v) is 3.75. The molecule has 0 aromatic carbocycles. The van der Waals surface area contributed by atoms with E-state index in [0.29, 0.717) is 5.69 Å². The number of hydrogen-bond donors (Lipinski definition) is 0. The molecule has 0 radical (unpaired) electrons. The summed E-state index contributed by atoms with van der Waals surface area (Å²) in [6.07, 6.45) is 5.28. The van der Waals surface area contributed by atoms with Crippen LogP contribution in [0, 0.1) is 0 Å². The van der Waals surface area contributed by atoms with Gasteiger partial charge in [0.25, 0.3) is 5.91 Å². The van der Waals surface area contributed by atoms with E-state index in [-0.39, 0.29) is 11.4 Å². The second-order valence-corrected chi connectivity index (χ2v) is 7.25. The molecule has 2 aliphatic rings. The topological polar surface area (TPSA) is 53.8 Å². The van der Waals surface area contributed by atoms with Gasteiger partial charge in [0.1, 0.15) is 5.69 Å². The van der Waals surface area contributed by atoms with Crippen LogP contribution in [0.25, 0.3) is 0 Å². The SMILES string of the molecule is CN(C)CCN1CCOCC12CCN(C(=O)c1cncn1C)CC2. The van der Waals surface area contributed by atoms with Gasteiger partial charge in [0, 0.05) is 45.3 Å². The van der Waals surface area contributed by atoms with Gasteiger partial charge in [-0.1, -0.05) is 0 Å². The molecule has 2 fully saturated rings. The van der Waals surface area contributed by atoms with E-state index in [1.165, 1.54) is 0 Å². The summed E-state index contributed by atoms with van der Waals surface area (Å²) < 4.78 is 7.61. The van der Waals surface area contributed by atoms with Crippen LogP contribution in [0.5, 0.6) is 0 Å². The predicted octanol–water partition coefficient (Wildman–Crippen LogP) is 0.289. The molecule has 2 aliphatic heterocycles. The van der Waals surface area contributed by atoms with Crippen molar-refractivity contribution in [2.45, 2.75) is 18.4 Å². The molecule has 3 rings (SSSR count). The van der Waals surface area contributed by atoms with Crippen LogP contribution in [0.1, 0.15) is 23.3 Å². The third-order valence-electron chi connectivity index (χ3n) is 5.38. The van der Waals surface area contributed by atoms with Gasteiger partial charge >= 0.3 is 0 Å². The van der Waals surface area contributed by atoms with Gasteiger partial charge in [0.2, 0.25) is 0 Å². The number of nitrogens with zero attached hydrogens (tertiary/aromatic N) is 5. The van der Waals surface area contributed by atoms with Gasteiger partial charge in [0.15, 0.2) is 0 Å². The standard InChI is InChI=1S/C17H29N5O2/c1-19(2)8-9-22-10-11-24-13-17(22)4-6-21(7-5-17)16(23)15-12-18-14-20(15)3/h12,14H,4-11,13H2,1-3H3. The monoisotopic (exact) mass is 335 g/mol. The Kier molecular flexibility index (Phi) is 5.22. The third kappa shape index (κ3) is 3.48. The minimum atomic E-state index is 0.0846. The second-order valence-electron chi connectivity index (χ2n) is 7.25. The number of hydrogen-bond acceptors (Lipinski definition) is 5. The second kappa shape index (κ2) is 7.21. The summed E-state index contributed by atoms with van der Waals surface area (Å²) in [5.41, 5.74) is 0.757. The highest BCUT2D eigenvalue weighted by Gasteiger charge is 2.43. The highest BCUT2D eigenvalue weighted by atomic mass is 16.5. The smallest absolute Gasteiger partial charge is 0.272 e. The molecule has 0 bridgehead atoms. The molecule has 1 spiro atoms. The number of aryl methyl sites for hydroxylation is 1. The van der Waals surface area contributed by atoms with Gasteiger partial charge in [-0.25, -0.2) is 4.98 Å². The van der Waals surface area contributed by atoms with E-state index >= 15 is 0 Å². The summed E-state index contributed by atoms with van der Waals surface area (Å²) in [4.78, 5) is 23.5. The first kappa shape index (κ1) is 17.4. The van der Waals surface area contributed by atoms with Crippen molar-refractivity contribution in [1.82, 2.24) is 24.3 Å². The van der Waals surface area contributed by atoms with Gasteiger partial charge in [-0.05, 0) is 26.9 Å². The van der Waals surface area contributed by atoms with Crippen LogP contribution < -0.4 is 0 Å². The highest BCUT2D eigenvalue weighted by molar-refractivity contribution is 5.92. The third-order valence-corrected chi connectivity index (χ3v) is 5.38. The average Bonchev–Trinajstić information content (AvgIpc) is 3.00. The van der Waals surface area contributed by atoms with E-state index in [2.05, 4.69) is 28.9 Å². The number of aromatic nitrogens is 2. The lowest BCUT2D eigenvalue weighted by molar-refractivity contribution is -0.0927.